The van der Waals surface area contributed by atoms with Crippen molar-refractivity contribution >= 4 is 11.9 Å². The number of benzene rings is 1. The SMILES string of the molecule is Cc1nc2n(n1)[C@@H](c1cccc(O)c1)C=C(C(=O)O)N2. The molecule has 0 unspecified atom stereocenters. The van der Waals surface area contributed by atoms with Gasteiger partial charge in [0.2, 0.25) is 5.95 Å². The average molecular weight is 272 g/mol. The van der Waals surface area contributed by atoms with Gasteiger partial charge in [-0.05, 0) is 30.7 Å². The zero-order valence-corrected chi connectivity index (χ0v) is 10.6. The fraction of sp³-hybridized carbons (Fsp3) is 0.154. The van der Waals surface area contributed by atoms with Crippen molar-refractivity contribution in [2.45, 2.75) is 13.0 Å². The van der Waals surface area contributed by atoms with Crippen LogP contribution in [0.2, 0.25) is 0 Å². The van der Waals surface area contributed by atoms with Gasteiger partial charge in [-0.3, -0.25) is 0 Å². The van der Waals surface area contributed by atoms with Crippen LogP contribution in [0, 0.1) is 6.92 Å². The number of aryl methyl sites for hydroxylation is 1. The number of nitrogens with zero attached hydrogens (tertiary/aromatic N) is 3. The van der Waals surface area contributed by atoms with Gasteiger partial charge < -0.3 is 15.5 Å². The van der Waals surface area contributed by atoms with Gasteiger partial charge in [-0.25, -0.2) is 9.48 Å². The number of nitrogens with one attached hydrogen (secondary N) is 1. The molecule has 0 aliphatic carbocycles. The van der Waals surface area contributed by atoms with Crippen LogP contribution in [0.1, 0.15) is 17.4 Å². The van der Waals surface area contributed by atoms with E-state index in [4.69, 9.17) is 5.11 Å². The molecule has 3 rings (SSSR count). The second-order valence-corrected chi connectivity index (χ2v) is 4.48. The van der Waals surface area contributed by atoms with Gasteiger partial charge in [-0.1, -0.05) is 12.1 Å². The Bertz CT molecular complexity index is 720. The van der Waals surface area contributed by atoms with Crippen molar-refractivity contribution in [1.82, 2.24) is 14.8 Å². The molecule has 0 bridgehead atoms. The number of hydrogen-bond donors (Lipinski definition) is 3. The number of rotatable bonds is 2. The number of carboxylic acid groups (broad SMARTS) is 1. The predicted octanol–water partition coefficient (Wildman–Crippen LogP) is 1.28. The summed E-state index contributed by atoms with van der Waals surface area (Å²) >= 11 is 0. The van der Waals surface area contributed by atoms with Crippen LogP contribution in [0.15, 0.2) is 36.0 Å². The van der Waals surface area contributed by atoms with E-state index in [1.165, 1.54) is 6.08 Å². The zero-order valence-electron chi connectivity index (χ0n) is 10.6. The molecule has 7 nitrogen and oxygen atoms in total. The van der Waals surface area contributed by atoms with Gasteiger partial charge in [0, 0.05) is 0 Å². The van der Waals surface area contributed by atoms with Gasteiger partial charge in [0.1, 0.15) is 23.3 Å². The quantitative estimate of drug-likeness (QED) is 0.761. The van der Waals surface area contributed by atoms with Crippen LogP contribution in [0.25, 0.3) is 0 Å². The summed E-state index contributed by atoms with van der Waals surface area (Å²) in [6.07, 6.45) is 1.54. The largest absolute Gasteiger partial charge is 0.508 e. The number of carbonyl (C=O) groups is 1. The van der Waals surface area contributed by atoms with Crippen LogP contribution in [-0.4, -0.2) is 30.9 Å². The van der Waals surface area contributed by atoms with Crippen molar-refractivity contribution in [2.24, 2.45) is 0 Å². The van der Waals surface area contributed by atoms with Gasteiger partial charge in [0.05, 0.1) is 0 Å². The fourth-order valence-corrected chi connectivity index (χ4v) is 2.17. The second-order valence-electron chi connectivity index (χ2n) is 4.48. The molecule has 3 N–H and O–H groups in total. The third kappa shape index (κ3) is 1.99. The second kappa shape index (κ2) is 4.37. The number of phenols is 1. The smallest absolute Gasteiger partial charge is 0.352 e. The molecule has 0 fully saturated rings. The first kappa shape index (κ1) is 12.2. The van der Waals surface area contributed by atoms with Crippen molar-refractivity contribution in [3.8, 4) is 5.75 Å². The first-order valence-electron chi connectivity index (χ1n) is 5.99. The lowest BCUT2D eigenvalue weighted by Gasteiger charge is -2.22. The maximum absolute atomic E-state index is 11.2. The Labute approximate surface area is 114 Å². The molecule has 0 radical (unpaired) electrons. The van der Waals surface area contributed by atoms with Crippen molar-refractivity contribution < 1.29 is 15.0 Å². The number of aliphatic carboxylic acids is 1. The summed E-state index contributed by atoms with van der Waals surface area (Å²) in [6, 6.07) is 6.20. The topological polar surface area (TPSA) is 100 Å². The van der Waals surface area contributed by atoms with Crippen LogP contribution in [0.3, 0.4) is 0 Å². The first-order chi connectivity index (χ1) is 9.54. The standard InChI is InChI=1S/C13H12N4O3/c1-7-14-13-15-10(12(19)20)6-11(17(13)16-7)8-3-2-4-9(18)5-8/h2-6,11,18H,1H3,(H,19,20)(H,14,15,16)/t11-/m1/s1. The minimum atomic E-state index is -1.07. The van der Waals surface area contributed by atoms with E-state index in [1.54, 1.807) is 35.9 Å². The molecule has 1 aliphatic heterocycles. The molecular formula is C13H12N4O3. The Morgan fingerprint density at radius 3 is 2.95 bits per heavy atom. The number of phenolic OH excluding ortho intramolecular Hbond substituents is 1. The summed E-state index contributed by atoms with van der Waals surface area (Å²) in [7, 11) is 0. The van der Waals surface area contributed by atoms with E-state index in [9.17, 15) is 9.90 Å². The van der Waals surface area contributed by atoms with Gasteiger partial charge in [0.15, 0.2) is 0 Å². The van der Waals surface area contributed by atoms with E-state index in [1.807, 2.05) is 0 Å². The molecule has 20 heavy (non-hydrogen) atoms. The van der Waals surface area contributed by atoms with Crippen LogP contribution in [0.4, 0.5) is 5.95 Å². The number of carboxylic acids is 1. The average Bonchev–Trinajstić information content (AvgIpc) is 2.77. The van der Waals surface area contributed by atoms with Crippen molar-refractivity contribution in [3.05, 3.63) is 47.4 Å². The lowest BCUT2D eigenvalue weighted by molar-refractivity contribution is -0.132. The highest BCUT2D eigenvalue weighted by molar-refractivity contribution is 5.90. The Hall–Kier alpha value is -2.83. The highest BCUT2D eigenvalue weighted by Gasteiger charge is 2.26. The highest BCUT2D eigenvalue weighted by atomic mass is 16.4. The monoisotopic (exact) mass is 272 g/mol. The lowest BCUT2D eigenvalue weighted by Crippen LogP contribution is -2.24. The number of aromatic hydroxyl groups is 1. The summed E-state index contributed by atoms with van der Waals surface area (Å²) in [4.78, 5) is 15.3. The Kier molecular flexibility index (Phi) is 2.67. The third-order valence-electron chi connectivity index (χ3n) is 3.01. The van der Waals surface area contributed by atoms with E-state index in [-0.39, 0.29) is 11.4 Å². The maximum Gasteiger partial charge on any atom is 0.352 e. The zero-order chi connectivity index (χ0) is 14.3. The van der Waals surface area contributed by atoms with Gasteiger partial charge in [-0.15, -0.1) is 0 Å². The summed E-state index contributed by atoms with van der Waals surface area (Å²) in [5, 5.41) is 25.7. The molecule has 2 heterocycles. The number of fused-ring (bicyclic) bond motifs is 1. The third-order valence-corrected chi connectivity index (χ3v) is 3.01. The molecule has 0 amide bonds. The normalized spacial score (nSPS) is 17.1. The van der Waals surface area contributed by atoms with Crippen molar-refractivity contribution in [3.63, 3.8) is 0 Å². The molecule has 0 saturated heterocycles. The molecule has 1 aromatic carbocycles. The van der Waals surface area contributed by atoms with Crippen LogP contribution in [0.5, 0.6) is 5.75 Å². The van der Waals surface area contributed by atoms with Crippen LogP contribution in [-0.2, 0) is 4.79 Å². The molecular weight excluding hydrogens is 260 g/mol. The summed E-state index contributed by atoms with van der Waals surface area (Å²) < 4.78 is 1.59. The first-order valence-corrected chi connectivity index (χ1v) is 5.99. The van der Waals surface area contributed by atoms with E-state index in [2.05, 4.69) is 15.4 Å². The maximum atomic E-state index is 11.2. The van der Waals surface area contributed by atoms with E-state index >= 15 is 0 Å². The number of aromatic nitrogens is 3. The molecule has 1 aliphatic rings. The van der Waals surface area contributed by atoms with E-state index in [0.717, 1.165) is 5.56 Å². The predicted molar refractivity (Wildman–Crippen MR) is 70.3 cm³/mol. The van der Waals surface area contributed by atoms with Gasteiger partial charge in [-0.2, -0.15) is 10.1 Å². The van der Waals surface area contributed by atoms with Crippen LogP contribution < -0.4 is 5.32 Å². The summed E-state index contributed by atoms with van der Waals surface area (Å²) in [5.74, 6) is -0.0415. The molecule has 7 heteroatoms. The Morgan fingerprint density at radius 2 is 2.25 bits per heavy atom. The van der Waals surface area contributed by atoms with Gasteiger partial charge >= 0.3 is 5.97 Å². The van der Waals surface area contributed by atoms with Crippen molar-refractivity contribution in [2.75, 3.05) is 5.32 Å². The van der Waals surface area contributed by atoms with E-state index in [0.29, 0.717) is 11.8 Å². The minimum Gasteiger partial charge on any atom is -0.508 e. The highest BCUT2D eigenvalue weighted by Crippen LogP contribution is 2.30. The van der Waals surface area contributed by atoms with Crippen LogP contribution >= 0.6 is 0 Å². The Morgan fingerprint density at radius 1 is 1.45 bits per heavy atom. The fourth-order valence-electron chi connectivity index (χ4n) is 2.17. The molecule has 1 atom stereocenters. The van der Waals surface area contributed by atoms with E-state index < -0.39 is 12.0 Å². The Balaban J connectivity index is 2.14. The molecule has 0 saturated carbocycles. The molecule has 1 aromatic heterocycles. The molecule has 2 aromatic rings. The number of allylic oxidation sites excluding steroid dienone is 1. The molecule has 102 valence electrons. The lowest BCUT2D eigenvalue weighted by atomic mass is 10.0. The number of anilines is 1. The molecule has 0 spiro atoms. The summed E-state index contributed by atoms with van der Waals surface area (Å²) in [5.41, 5.74) is 0.773. The number of hydrogen-bond acceptors (Lipinski definition) is 5. The summed E-state index contributed by atoms with van der Waals surface area (Å²) in [6.45, 7) is 1.73. The van der Waals surface area contributed by atoms with Crippen molar-refractivity contribution in [1.29, 1.82) is 0 Å². The minimum absolute atomic E-state index is 0.0400. The van der Waals surface area contributed by atoms with Gasteiger partial charge in [0.25, 0.3) is 0 Å².